The Morgan fingerprint density at radius 2 is 1.66 bits per heavy atom. The van der Waals surface area contributed by atoms with Gasteiger partial charge in [0.1, 0.15) is 17.2 Å². The average molecular weight is 655 g/mol. The Kier molecular flexibility index (Phi) is 8.94. The van der Waals surface area contributed by atoms with Gasteiger partial charge in [-0.3, -0.25) is 14.2 Å². The van der Waals surface area contributed by atoms with Crippen molar-refractivity contribution < 1.29 is 22.6 Å². The van der Waals surface area contributed by atoms with Crippen LogP contribution in [-0.4, -0.2) is 76.8 Å². The van der Waals surface area contributed by atoms with E-state index < -0.39 is 15.6 Å². The molecule has 2 aromatic heterocycles. The standard InChI is InChI=1S/C35H38N6O5S/c1-5-26-20-27(13-14-37-26)39-15-17-40(18-16-39)35(31-21-28(44-3)8-11-33(31)46-6-2)24-41(32-10-7-25(22-36)19-30(32)35)47(42,43)34-12-9-29(45-4)23-38-34/h7-14,19-21,23H,5-6,15-18,24H2,1-4H3. The third-order valence-corrected chi connectivity index (χ3v) is 10.7. The van der Waals surface area contributed by atoms with E-state index in [2.05, 4.69) is 38.8 Å². The van der Waals surface area contributed by atoms with Gasteiger partial charge in [-0.1, -0.05) is 6.92 Å². The normalized spacial score (nSPS) is 18.0. The van der Waals surface area contributed by atoms with E-state index >= 15 is 0 Å². The smallest absolute Gasteiger partial charge is 0.281 e. The van der Waals surface area contributed by atoms with Crippen molar-refractivity contribution in [3.05, 3.63) is 95.4 Å². The molecule has 0 amide bonds. The van der Waals surface area contributed by atoms with E-state index in [1.807, 2.05) is 43.5 Å². The minimum absolute atomic E-state index is 0.0374. The molecule has 1 unspecified atom stereocenters. The lowest BCUT2D eigenvalue weighted by molar-refractivity contribution is 0.124. The Morgan fingerprint density at radius 3 is 2.32 bits per heavy atom. The highest BCUT2D eigenvalue weighted by Gasteiger charge is 2.54. The lowest BCUT2D eigenvalue weighted by atomic mass is 9.81. The number of benzene rings is 2. The first-order chi connectivity index (χ1) is 22.8. The van der Waals surface area contributed by atoms with E-state index in [0.717, 1.165) is 23.4 Å². The van der Waals surface area contributed by atoms with Gasteiger partial charge in [-0.2, -0.15) is 13.7 Å². The number of pyridine rings is 2. The fraction of sp³-hybridized carbons (Fsp3) is 0.343. The Bertz CT molecular complexity index is 1900. The van der Waals surface area contributed by atoms with Gasteiger partial charge < -0.3 is 19.1 Å². The molecule has 4 heterocycles. The van der Waals surface area contributed by atoms with Gasteiger partial charge in [-0.15, -0.1) is 0 Å². The molecule has 0 radical (unpaired) electrons. The van der Waals surface area contributed by atoms with Crippen LogP contribution >= 0.6 is 0 Å². The molecule has 1 fully saturated rings. The molecule has 11 nitrogen and oxygen atoms in total. The molecule has 244 valence electrons. The van der Waals surface area contributed by atoms with Crippen LogP contribution in [0.15, 0.2) is 78.1 Å². The summed E-state index contributed by atoms with van der Waals surface area (Å²) in [6.45, 7) is 7.07. The Balaban J connectivity index is 1.53. The first kappa shape index (κ1) is 32.1. The molecule has 1 saturated heterocycles. The second-order valence-electron chi connectivity index (χ2n) is 11.4. The van der Waals surface area contributed by atoms with Gasteiger partial charge in [0.15, 0.2) is 5.03 Å². The molecule has 12 heteroatoms. The van der Waals surface area contributed by atoms with E-state index in [1.165, 1.54) is 23.7 Å². The van der Waals surface area contributed by atoms with Crippen LogP contribution in [0.1, 0.15) is 36.2 Å². The summed E-state index contributed by atoms with van der Waals surface area (Å²) in [6, 6.07) is 20.3. The molecular formula is C35H38N6O5S. The van der Waals surface area contributed by atoms with Gasteiger partial charge >= 0.3 is 0 Å². The summed E-state index contributed by atoms with van der Waals surface area (Å²) < 4.78 is 47.5. The zero-order valence-corrected chi connectivity index (χ0v) is 27.8. The van der Waals surface area contributed by atoms with Crippen LogP contribution in [-0.2, 0) is 22.0 Å². The Labute approximate surface area is 276 Å². The number of aryl methyl sites for hydroxylation is 1. The second kappa shape index (κ2) is 13.1. The first-order valence-electron chi connectivity index (χ1n) is 15.6. The van der Waals surface area contributed by atoms with Gasteiger partial charge in [0.05, 0.1) is 56.4 Å². The maximum atomic E-state index is 14.5. The molecule has 2 aliphatic heterocycles. The number of nitrogens with zero attached hydrogens (tertiary/aromatic N) is 6. The van der Waals surface area contributed by atoms with Crippen molar-refractivity contribution in [3.63, 3.8) is 0 Å². The van der Waals surface area contributed by atoms with Crippen molar-refractivity contribution >= 4 is 21.4 Å². The number of fused-ring (bicyclic) bond motifs is 1. The first-order valence-corrected chi connectivity index (χ1v) is 17.1. The van der Waals surface area contributed by atoms with E-state index in [9.17, 15) is 13.7 Å². The molecule has 0 N–H and O–H groups in total. The number of nitriles is 1. The number of ether oxygens (including phenoxy) is 3. The molecule has 2 aliphatic rings. The van der Waals surface area contributed by atoms with Crippen LogP contribution in [0, 0.1) is 11.3 Å². The van der Waals surface area contributed by atoms with Crippen LogP contribution in [0.25, 0.3) is 0 Å². The van der Waals surface area contributed by atoms with Gasteiger partial charge in [0.25, 0.3) is 10.0 Å². The molecule has 1 atom stereocenters. The number of sulfonamides is 1. The quantitative estimate of drug-likeness (QED) is 0.240. The lowest BCUT2D eigenvalue weighted by Crippen LogP contribution is -2.58. The number of methoxy groups -OCH3 is 2. The van der Waals surface area contributed by atoms with Crippen molar-refractivity contribution in [3.8, 4) is 23.3 Å². The van der Waals surface area contributed by atoms with Gasteiger partial charge in [-0.25, -0.2) is 4.98 Å². The molecule has 0 spiro atoms. The minimum atomic E-state index is -4.15. The Hall–Kier alpha value is -4.86. The number of rotatable bonds is 10. The maximum absolute atomic E-state index is 14.5. The predicted molar refractivity (Wildman–Crippen MR) is 179 cm³/mol. The third-order valence-electron chi connectivity index (χ3n) is 8.99. The van der Waals surface area contributed by atoms with Crippen molar-refractivity contribution in [2.45, 2.75) is 30.8 Å². The SMILES string of the molecule is CCOc1ccc(OC)cc1C1(N2CCN(c3ccnc(CC)c3)CC2)CN(S(=O)(=O)c2ccc(OC)cn2)c2ccc(C#N)cc21. The zero-order valence-electron chi connectivity index (χ0n) is 27.0. The monoisotopic (exact) mass is 654 g/mol. The average Bonchev–Trinajstić information content (AvgIpc) is 3.48. The lowest BCUT2D eigenvalue weighted by Gasteiger charge is -2.47. The topological polar surface area (TPSA) is 121 Å². The summed E-state index contributed by atoms with van der Waals surface area (Å²) in [6.07, 6.45) is 4.09. The predicted octanol–water partition coefficient (Wildman–Crippen LogP) is 4.60. The minimum Gasteiger partial charge on any atom is -0.497 e. The molecule has 0 bridgehead atoms. The van der Waals surface area contributed by atoms with Crippen LogP contribution in [0.2, 0.25) is 0 Å². The number of piperazine rings is 1. The molecular weight excluding hydrogens is 616 g/mol. The molecule has 2 aromatic carbocycles. The van der Waals surface area contributed by atoms with Crippen molar-refractivity contribution in [2.75, 3.05) is 62.8 Å². The van der Waals surface area contributed by atoms with Crippen LogP contribution in [0.3, 0.4) is 0 Å². The molecule has 47 heavy (non-hydrogen) atoms. The summed E-state index contributed by atoms with van der Waals surface area (Å²) in [5.74, 6) is 1.68. The highest BCUT2D eigenvalue weighted by atomic mass is 32.2. The van der Waals surface area contributed by atoms with Crippen molar-refractivity contribution in [1.82, 2.24) is 14.9 Å². The van der Waals surface area contributed by atoms with Gasteiger partial charge in [0.2, 0.25) is 0 Å². The largest absolute Gasteiger partial charge is 0.497 e. The maximum Gasteiger partial charge on any atom is 0.281 e. The van der Waals surface area contributed by atoms with Crippen molar-refractivity contribution in [1.29, 1.82) is 5.26 Å². The fourth-order valence-electron chi connectivity index (χ4n) is 6.61. The van der Waals surface area contributed by atoms with Crippen LogP contribution in [0.4, 0.5) is 11.4 Å². The van der Waals surface area contributed by atoms with Crippen molar-refractivity contribution in [2.24, 2.45) is 0 Å². The number of hydrogen-bond donors (Lipinski definition) is 0. The summed E-state index contributed by atoms with van der Waals surface area (Å²) in [7, 11) is -1.04. The van der Waals surface area contributed by atoms with E-state index in [0.29, 0.717) is 66.8 Å². The molecule has 0 saturated carbocycles. The van der Waals surface area contributed by atoms with Gasteiger partial charge in [-0.05, 0) is 74.0 Å². The van der Waals surface area contributed by atoms with Crippen LogP contribution in [0.5, 0.6) is 17.2 Å². The van der Waals surface area contributed by atoms with E-state index in [4.69, 9.17) is 14.2 Å². The summed E-state index contributed by atoms with van der Waals surface area (Å²) >= 11 is 0. The molecule has 6 rings (SSSR count). The van der Waals surface area contributed by atoms with Crippen LogP contribution < -0.4 is 23.4 Å². The summed E-state index contributed by atoms with van der Waals surface area (Å²) in [4.78, 5) is 13.4. The second-order valence-corrected chi connectivity index (χ2v) is 13.2. The van der Waals surface area contributed by atoms with E-state index in [1.54, 1.807) is 25.3 Å². The number of anilines is 2. The summed E-state index contributed by atoms with van der Waals surface area (Å²) in [5, 5.41) is 9.92. The highest BCUT2D eigenvalue weighted by molar-refractivity contribution is 7.92. The Morgan fingerprint density at radius 1 is 0.894 bits per heavy atom. The molecule has 0 aliphatic carbocycles. The molecule has 4 aromatic rings. The highest BCUT2D eigenvalue weighted by Crippen LogP contribution is 2.52. The van der Waals surface area contributed by atoms with E-state index in [-0.39, 0.29) is 11.6 Å². The number of aromatic nitrogens is 2. The fourth-order valence-corrected chi connectivity index (χ4v) is 8.04. The summed E-state index contributed by atoms with van der Waals surface area (Å²) in [5.41, 5.74) is 3.49. The third kappa shape index (κ3) is 5.70. The number of hydrogen-bond acceptors (Lipinski definition) is 10. The zero-order chi connectivity index (χ0) is 33.2. The van der Waals surface area contributed by atoms with Gasteiger partial charge in [0, 0.05) is 54.9 Å².